The molecule has 1 rings (SSSR count). The molecule has 0 amide bonds. The molecule has 0 saturated carbocycles. The first kappa shape index (κ1) is 13.4. The predicted molar refractivity (Wildman–Crippen MR) is 50.6 cm³/mol. The first-order chi connectivity index (χ1) is 6.22. The number of alkyl halides is 3. The summed E-state index contributed by atoms with van der Waals surface area (Å²) in [6, 6.07) is 5.23. The van der Waals surface area contributed by atoms with Crippen molar-refractivity contribution in [3.05, 3.63) is 34.1 Å². The fourth-order valence-corrected chi connectivity index (χ4v) is 1.08. The SMILES string of the molecule is CC(F)(F)F.Cc1cccc(Br)c1F. The fraction of sp³-hybridized carbons (Fsp3) is 0.333. The van der Waals surface area contributed by atoms with Gasteiger partial charge < -0.3 is 0 Å². The fourth-order valence-electron chi connectivity index (χ4n) is 0.612. The number of aryl methyl sites for hydroxylation is 1. The van der Waals surface area contributed by atoms with Crippen LogP contribution in [0.15, 0.2) is 22.7 Å². The Morgan fingerprint density at radius 1 is 1.21 bits per heavy atom. The van der Waals surface area contributed by atoms with Gasteiger partial charge in [-0.25, -0.2) is 4.39 Å². The van der Waals surface area contributed by atoms with Gasteiger partial charge in [0.05, 0.1) is 4.47 Å². The molecule has 0 nitrogen and oxygen atoms in total. The summed E-state index contributed by atoms with van der Waals surface area (Å²) in [6.07, 6.45) is -4.00. The van der Waals surface area contributed by atoms with Gasteiger partial charge in [-0.2, -0.15) is 13.2 Å². The molecule has 0 aliphatic heterocycles. The van der Waals surface area contributed by atoms with Crippen LogP contribution in [-0.4, -0.2) is 6.18 Å². The first-order valence-electron chi connectivity index (χ1n) is 3.69. The minimum absolute atomic E-state index is 0.169. The molecule has 5 heteroatoms. The molecule has 80 valence electrons. The van der Waals surface area contributed by atoms with Crippen molar-refractivity contribution in [1.82, 2.24) is 0 Å². The quantitative estimate of drug-likeness (QED) is 0.612. The van der Waals surface area contributed by atoms with Crippen molar-refractivity contribution in [2.75, 3.05) is 0 Å². The molecule has 14 heavy (non-hydrogen) atoms. The van der Waals surface area contributed by atoms with Crippen LogP contribution in [0.25, 0.3) is 0 Å². The van der Waals surface area contributed by atoms with Crippen LogP contribution in [0, 0.1) is 12.7 Å². The second kappa shape index (κ2) is 5.34. The van der Waals surface area contributed by atoms with E-state index in [1.165, 1.54) is 0 Å². The highest BCUT2D eigenvalue weighted by Crippen LogP contribution is 2.16. The van der Waals surface area contributed by atoms with Crippen molar-refractivity contribution in [3.8, 4) is 0 Å². The number of hydrogen-bond donors (Lipinski definition) is 0. The van der Waals surface area contributed by atoms with Gasteiger partial charge in [0.1, 0.15) is 5.82 Å². The van der Waals surface area contributed by atoms with Gasteiger partial charge in [0, 0.05) is 6.92 Å². The molecule has 0 aliphatic rings. The second-order valence-corrected chi connectivity index (χ2v) is 3.51. The Balaban J connectivity index is 0.000000292. The zero-order chi connectivity index (χ0) is 11.4. The minimum atomic E-state index is -4.00. The lowest BCUT2D eigenvalue weighted by molar-refractivity contribution is -0.110. The Morgan fingerprint density at radius 2 is 1.64 bits per heavy atom. The zero-order valence-corrected chi connectivity index (χ0v) is 9.21. The topological polar surface area (TPSA) is 0 Å². The average Bonchev–Trinajstić information content (AvgIpc) is 1.97. The van der Waals surface area contributed by atoms with Crippen LogP contribution in [0.4, 0.5) is 17.6 Å². The summed E-state index contributed by atoms with van der Waals surface area (Å²) in [7, 11) is 0. The minimum Gasteiger partial charge on any atom is -0.205 e. The summed E-state index contributed by atoms with van der Waals surface area (Å²) < 4.78 is 44.3. The summed E-state index contributed by atoms with van der Waals surface area (Å²) >= 11 is 3.07. The van der Waals surface area contributed by atoms with Gasteiger partial charge in [-0.05, 0) is 34.5 Å². The summed E-state index contributed by atoms with van der Waals surface area (Å²) in [4.78, 5) is 0. The van der Waals surface area contributed by atoms with Crippen molar-refractivity contribution in [3.63, 3.8) is 0 Å². The summed E-state index contributed by atoms with van der Waals surface area (Å²) in [5.41, 5.74) is 0.671. The van der Waals surface area contributed by atoms with Gasteiger partial charge in [-0.1, -0.05) is 12.1 Å². The van der Waals surface area contributed by atoms with E-state index in [0.717, 1.165) is 0 Å². The van der Waals surface area contributed by atoms with E-state index in [2.05, 4.69) is 15.9 Å². The molecule has 0 atom stereocenters. The predicted octanol–water partition coefficient (Wildman–Crippen LogP) is 4.47. The number of halogens is 5. The molecule has 0 aliphatic carbocycles. The van der Waals surface area contributed by atoms with Crippen molar-refractivity contribution in [2.45, 2.75) is 20.0 Å². The largest absolute Gasteiger partial charge is 0.386 e. The molecule has 0 fully saturated rings. The van der Waals surface area contributed by atoms with E-state index in [9.17, 15) is 17.6 Å². The third-order valence-electron chi connectivity index (χ3n) is 1.14. The van der Waals surface area contributed by atoms with Crippen LogP contribution in [0.5, 0.6) is 0 Å². The highest BCUT2D eigenvalue weighted by Gasteiger charge is 2.15. The molecule has 0 N–H and O–H groups in total. The third-order valence-corrected chi connectivity index (χ3v) is 1.76. The molecule has 1 aromatic carbocycles. The van der Waals surface area contributed by atoms with Crippen LogP contribution in [0.3, 0.4) is 0 Å². The maximum atomic E-state index is 12.7. The van der Waals surface area contributed by atoms with E-state index in [0.29, 0.717) is 10.0 Å². The molecule has 0 spiro atoms. The van der Waals surface area contributed by atoms with Crippen molar-refractivity contribution < 1.29 is 17.6 Å². The highest BCUT2D eigenvalue weighted by atomic mass is 79.9. The first-order valence-corrected chi connectivity index (χ1v) is 4.48. The van der Waals surface area contributed by atoms with Crippen LogP contribution >= 0.6 is 15.9 Å². The smallest absolute Gasteiger partial charge is 0.205 e. The molecule has 0 radical (unpaired) electrons. The molecule has 0 unspecified atom stereocenters. The maximum Gasteiger partial charge on any atom is 0.386 e. The molecule has 0 heterocycles. The summed E-state index contributed by atoms with van der Waals surface area (Å²) in [6.45, 7) is 1.92. The Kier molecular flexibility index (Phi) is 5.12. The van der Waals surface area contributed by atoms with E-state index in [1.807, 2.05) is 6.07 Å². The lowest BCUT2D eigenvalue weighted by Gasteiger charge is -1.95. The van der Waals surface area contributed by atoms with Gasteiger partial charge >= 0.3 is 6.18 Å². The van der Waals surface area contributed by atoms with Gasteiger partial charge in [0.2, 0.25) is 0 Å². The standard InChI is InChI=1S/C7H6BrF.C2H3F3/c1-5-3-2-4-6(8)7(5)9;1-2(3,4)5/h2-4H,1H3;1H3. The third kappa shape index (κ3) is 6.88. The molecule has 1 aromatic rings. The Hall–Kier alpha value is -0.580. The summed E-state index contributed by atoms with van der Waals surface area (Å²) in [5, 5.41) is 0. The monoisotopic (exact) mass is 272 g/mol. The van der Waals surface area contributed by atoms with E-state index in [4.69, 9.17) is 0 Å². The van der Waals surface area contributed by atoms with E-state index in [-0.39, 0.29) is 12.7 Å². The van der Waals surface area contributed by atoms with Crippen molar-refractivity contribution >= 4 is 15.9 Å². The highest BCUT2D eigenvalue weighted by molar-refractivity contribution is 9.10. The molecule has 0 saturated heterocycles. The Morgan fingerprint density at radius 3 is 1.93 bits per heavy atom. The molecule has 0 aromatic heterocycles. The maximum absolute atomic E-state index is 12.7. The van der Waals surface area contributed by atoms with E-state index < -0.39 is 6.18 Å². The van der Waals surface area contributed by atoms with Crippen molar-refractivity contribution in [2.24, 2.45) is 0 Å². The van der Waals surface area contributed by atoms with Crippen LogP contribution in [0.2, 0.25) is 0 Å². The second-order valence-electron chi connectivity index (χ2n) is 2.65. The van der Waals surface area contributed by atoms with E-state index in [1.54, 1.807) is 19.1 Å². The van der Waals surface area contributed by atoms with Crippen LogP contribution < -0.4 is 0 Å². The van der Waals surface area contributed by atoms with Gasteiger partial charge in [-0.3, -0.25) is 0 Å². The average molecular weight is 273 g/mol. The Bertz CT molecular complexity index is 267. The van der Waals surface area contributed by atoms with Crippen LogP contribution in [0.1, 0.15) is 12.5 Å². The normalized spacial score (nSPS) is 10.5. The van der Waals surface area contributed by atoms with Gasteiger partial charge in [-0.15, -0.1) is 0 Å². The number of rotatable bonds is 0. The number of benzene rings is 1. The Labute approximate surface area is 88.1 Å². The lowest BCUT2D eigenvalue weighted by atomic mass is 10.2. The van der Waals surface area contributed by atoms with E-state index >= 15 is 0 Å². The molecule has 0 bridgehead atoms. The lowest BCUT2D eigenvalue weighted by Crippen LogP contribution is -1.95. The van der Waals surface area contributed by atoms with Crippen LogP contribution in [-0.2, 0) is 0 Å². The van der Waals surface area contributed by atoms with Crippen molar-refractivity contribution in [1.29, 1.82) is 0 Å². The number of hydrogen-bond acceptors (Lipinski definition) is 0. The van der Waals surface area contributed by atoms with Gasteiger partial charge in [0.25, 0.3) is 0 Å². The molecular weight excluding hydrogens is 264 g/mol. The molecular formula is C9H9BrF4. The summed E-state index contributed by atoms with van der Waals surface area (Å²) in [5.74, 6) is -0.169. The zero-order valence-electron chi connectivity index (χ0n) is 7.62. The van der Waals surface area contributed by atoms with Gasteiger partial charge in [0.15, 0.2) is 0 Å².